The number of likely N-dealkylation sites (tertiary alicyclic amines) is 1. The smallest absolute Gasteiger partial charge is 0.222 e. The average Bonchev–Trinajstić information content (AvgIpc) is 3.35. The molecule has 1 unspecified atom stereocenters. The summed E-state index contributed by atoms with van der Waals surface area (Å²) in [5, 5.41) is 16.1. The van der Waals surface area contributed by atoms with Crippen molar-refractivity contribution in [2.75, 3.05) is 39.5 Å². The van der Waals surface area contributed by atoms with E-state index >= 15 is 0 Å². The molecule has 1 atom stereocenters. The van der Waals surface area contributed by atoms with E-state index in [2.05, 4.69) is 34.9 Å². The van der Waals surface area contributed by atoms with Crippen LogP contribution < -0.4 is 10.6 Å². The van der Waals surface area contributed by atoms with Crippen molar-refractivity contribution in [1.29, 1.82) is 0 Å². The normalized spacial score (nSPS) is 22.3. The lowest BCUT2D eigenvalue weighted by Crippen LogP contribution is -2.44. The molecule has 3 rings (SSSR count). The van der Waals surface area contributed by atoms with E-state index < -0.39 is 0 Å². The molecule has 1 aromatic carbocycles. The van der Waals surface area contributed by atoms with Crippen molar-refractivity contribution in [3.8, 4) is 0 Å². The van der Waals surface area contributed by atoms with Gasteiger partial charge in [0.05, 0.1) is 13.2 Å². The van der Waals surface area contributed by atoms with E-state index in [4.69, 9.17) is 9.73 Å². The van der Waals surface area contributed by atoms with E-state index in [0.29, 0.717) is 26.1 Å². The van der Waals surface area contributed by atoms with E-state index in [1.54, 1.807) is 0 Å². The quantitative estimate of drug-likeness (QED) is 0.432. The minimum Gasteiger partial charge on any atom is -0.396 e. The monoisotopic (exact) mass is 402 g/mol. The Morgan fingerprint density at radius 2 is 2.07 bits per heavy atom. The first kappa shape index (κ1) is 21.6. The van der Waals surface area contributed by atoms with Crippen LogP contribution in [0.5, 0.6) is 0 Å². The van der Waals surface area contributed by atoms with Crippen LogP contribution in [0.4, 0.5) is 0 Å². The third kappa shape index (κ3) is 6.18. The standard InChI is InChI=1S/C22H34N4O3/c1-2-23-21(25-16-22(9-12-27)10-13-29-17-22)24-14-18-5-7-19(8-6-18)15-26-11-3-4-20(26)28/h5-8,27H,2-4,9-17H2,1H3,(H2,23,24,25). The molecular formula is C22H34N4O3. The van der Waals surface area contributed by atoms with Crippen LogP contribution in [0.1, 0.15) is 43.7 Å². The Hall–Kier alpha value is -2.12. The number of ether oxygens (including phenoxy) is 1. The highest BCUT2D eigenvalue weighted by atomic mass is 16.5. The first-order chi connectivity index (χ1) is 14.1. The van der Waals surface area contributed by atoms with Gasteiger partial charge in [-0.05, 0) is 37.3 Å². The van der Waals surface area contributed by atoms with Gasteiger partial charge < -0.3 is 25.4 Å². The van der Waals surface area contributed by atoms with Crippen molar-refractivity contribution < 1.29 is 14.6 Å². The number of hydrogen-bond acceptors (Lipinski definition) is 4. The Labute approximate surface area is 173 Å². The van der Waals surface area contributed by atoms with Gasteiger partial charge >= 0.3 is 0 Å². The van der Waals surface area contributed by atoms with Crippen molar-refractivity contribution in [2.24, 2.45) is 10.4 Å². The number of nitrogens with zero attached hydrogens (tertiary/aromatic N) is 2. The topological polar surface area (TPSA) is 86.2 Å². The lowest BCUT2D eigenvalue weighted by molar-refractivity contribution is -0.128. The zero-order valence-corrected chi connectivity index (χ0v) is 17.5. The zero-order valence-electron chi connectivity index (χ0n) is 17.5. The minimum atomic E-state index is -0.0143. The number of benzene rings is 1. The van der Waals surface area contributed by atoms with E-state index in [1.165, 1.54) is 0 Å². The lowest BCUT2D eigenvalue weighted by Gasteiger charge is -2.27. The fourth-order valence-electron chi connectivity index (χ4n) is 3.94. The van der Waals surface area contributed by atoms with Crippen LogP contribution in [0.3, 0.4) is 0 Å². The maximum absolute atomic E-state index is 11.8. The maximum Gasteiger partial charge on any atom is 0.222 e. The van der Waals surface area contributed by atoms with Crippen LogP contribution in [-0.4, -0.2) is 61.3 Å². The van der Waals surface area contributed by atoms with Crippen molar-refractivity contribution in [3.05, 3.63) is 35.4 Å². The van der Waals surface area contributed by atoms with Crippen LogP contribution in [0.2, 0.25) is 0 Å². The van der Waals surface area contributed by atoms with Gasteiger partial charge in [0, 0.05) is 51.2 Å². The molecule has 160 valence electrons. The average molecular weight is 403 g/mol. The minimum absolute atomic E-state index is 0.0143. The number of rotatable bonds is 9. The van der Waals surface area contributed by atoms with Gasteiger partial charge in [0.1, 0.15) is 0 Å². The molecule has 3 N–H and O–H groups in total. The Kier molecular flexibility index (Phi) is 7.89. The van der Waals surface area contributed by atoms with Crippen molar-refractivity contribution in [1.82, 2.24) is 15.5 Å². The third-order valence-corrected chi connectivity index (χ3v) is 5.79. The number of aliphatic hydroxyl groups is 1. The van der Waals surface area contributed by atoms with Gasteiger partial charge in [-0.3, -0.25) is 4.79 Å². The Balaban J connectivity index is 1.54. The molecule has 0 saturated carbocycles. The van der Waals surface area contributed by atoms with Crippen LogP contribution in [0.25, 0.3) is 0 Å². The summed E-state index contributed by atoms with van der Waals surface area (Å²) < 4.78 is 5.56. The number of nitrogens with one attached hydrogen (secondary N) is 2. The second-order valence-electron chi connectivity index (χ2n) is 8.06. The van der Waals surface area contributed by atoms with Crippen LogP contribution in [0.15, 0.2) is 29.3 Å². The highest BCUT2D eigenvalue weighted by molar-refractivity contribution is 5.79. The molecule has 2 aliphatic rings. The second-order valence-corrected chi connectivity index (χ2v) is 8.06. The van der Waals surface area contributed by atoms with Gasteiger partial charge in [-0.1, -0.05) is 24.3 Å². The SMILES string of the molecule is CCNC(=NCc1ccc(CN2CCCC2=O)cc1)NCC1(CCO)CCOC1. The maximum atomic E-state index is 11.8. The van der Waals surface area contributed by atoms with Crippen molar-refractivity contribution >= 4 is 11.9 Å². The Morgan fingerprint density at radius 1 is 1.28 bits per heavy atom. The summed E-state index contributed by atoms with van der Waals surface area (Å²) in [6, 6.07) is 8.34. The summed E-state index contributed by atoms with van der Waals surface area (Å²) in [6.07, 6.45) is 3.34. The molecule has 0 bridgehead atoms. The van der Waals surface area contributed by atoms with E-state index in [9.17, 15) is 9.90 Å². The van der Waals surface area contributed by atoms with Gasteiger partial charge in [0.2, 0.25) is 5.91 Å². The predicted octanol–water partition coefficient (Wildman–Crippen LogP) is 1.65. The molecule has 7 nitrogen and oxygen atoms in total. The number of carbonyl (C=O) groups excluding carboxylic acids is 1. The molecule has 2 aliphatic heterocycles. The molecule has 29 heavy (non-hydrogen) atoms. The third-order valence-electron chi connectivity index (χ3n) is 5.79. The first-order valence-corrected chi connectivity index (χ1v) is 10.7. The van der Waals surface area contributed by atoms with Crippen molar-refractivity contribution in [3.63, 3.8) is 0 Å². The molecule has 2 saturated heterocycles. The molecule has 7 heteroatoms. The number of carbonyl (C=O) groups is 1. The summed E-state index contributed by atoms with van der Waals surface area (Å²) in [5.74, 6) is 1.04. The molecule has 2 heterocycles. The molecule has 0 aliphatic carbocycles. The molecule has 0 radical (unpaired) electrons. The summed E-state index contributed by atoms with van der Waals surface area (Å²) in [6.45, 7) is 7.34. The zero-order chi connectivity index (χ0) is 20.5. The van der Waals surface area contributed by atoms with Gasteiger partial charge in [-0.15, -0.1) is 0 Å². The molecule has 0 aromatic heterocycles. The van der Waals surface area contributed by atoms with Gasteiger partial charge in [-0.25, -0.2) is 4.99 Å². The van der Waals surface area contributed by atoms with E-state index in [1.807, 2.05) is 11.8 Å². The van der Waals surface area contributed by atoms with E-state index in [0.717, 1.165) is 62.6 Å². The largest absolute Gasteiger partial charge is 0.396 e. The summed E-state index contributed by atoms with van der Waals surface area (Å²) in [5.41, 5.74) is 2.28. The number of amides is 1. The number of guanidine groups is 1. The van der Waals surface area contributed by atoms with Gasteiger partial charge in [0.25, 0.3) is 0 Å². The Morgan fingerprint density at radius 3 is 2.69 bits per heavy atom. The second kappa shape index (κ2) is 10.6. The molecule has 0 spiro atoms. The molecule has 1 amide bonds. The number of hydrogen-bond donors (Lipinski definition) is 3. The molecule has 1 aromatic rings. The predicted molar refractivity (Wildman–Crippen MR) is 113 cm³/mol. The summed E-state index contributed by atoms with van der Waals surface area (Å²) >= 11 is 0. The van der Waals surface area contributed by atoms with Gasteiger partial charge in [-0.2, -0.15) is 0 Å². The van der Waals surface area contributed by atoms with Crippen molar-refractivity contribution in [2.45, 2.75) is 45.7 Å². The lowest BCUT2D eigenvalue weighted by atomic mass is 9.84. The first-order valence-electron chi connectivity index (χ1n) is 10.7. The molecule has 2 fully saturated rings. The van der Waals surface area contributed by atoms with Crippen LogP contribution in [0, 0.1) is 5.41 Å². The highest BCUT2D eigenvalue weighted by Crippen LogP contribution is 2.31. The van der Waals surface area contributed by atoms with Crippen LogP contribution in [-0.2, 0) is 22.6 Å². The van der Waals surface area contributed by atoms with Gasteiger partial charge in [0.15, 0.2) is 5.96 Å². The molecular weight excluding hydrogens is 368 g/mol. The highest BCUT2D eigenvalue weighted by Gasteiger charge is 2.34. The summed E-state index contributed by atoms with van der Waals surface area (Å²) in [4.78, 5) is 18.4. The number of aliphatic hydroxyl groups excluding tert-OH is 1. The van der Waals surface area contributed by atoms with Crippen LogP contribution >= 0.6 is 0 Å². The summed E-state index contributed by atoms with van der Waals surface area (Å²) in [7, 11) is 0. The number of aliphatic imine (C=N–C) groups is 1. The Bertz CT molecular complexity index is 684. The van der Waals surface area contributed by atoms with E-state index in [-0.39, 0.29) is 17.9 Å². The fourth-order valence-corrected chi connectivity index (χ4v) is 3.94. The fraction of sp³-hybridized carbons (Fsp3) is 0.636.